The smallest absolute Gasteiger partial charge is 0.242 e. The Morgan fingerprint density at radius 1 is 1.62 bits per heavy atom. The summed E-state index contributed by atoms with van der Waals surface area (Å²) < 4.78 is 1.46. The van der Waals surface area contributed by atoms with E-state index < -0.39 is 0 Å². The van der Waals surface area contributed by atoms with Crippen LogP contribution in [-0.2, 0) is 11.3 Å². The van der Waals surface area contributed by atoms with Gasteiger partial charge in [-0.2, -0.15) is 5.10 Å². The summed E-state index contributed by atoms with van der Waals surface area (Å²) in [7, 11) is 0. The summed E-state index contributed by atoms with van der Waals surface area (Å²) in [6, 6.07) is 0. The Labute approximate surface area is 94.7 Å². The molecule has 0 bridgehead atoms. The van der Waals surface area contributed by atoms with Crippen molar-refractivity contribution in [2.75, 3.05) is 6.61 Å². The Morgan fingerprint density at radius 3 is 2.88 bits per heavy atom. The summed E-state index contributed by atoms with van der Waals surface area (Å²) in [5.41, 5.74) is -0.355. The molecule has 1 unspecified atom stereocenters. The summed E-state index contributed by atoms with van der Waals surface area (Å²) in [5.74, 6) is -0.122. The third-order valence-corrected chi connectivity index (χ3v) is 2.66. The third kappa shape index (κ3) is 3.62. The Morgan fingerprint density at radius 2 is 2.38 bits per heavy atom. The molecule has 1 atom stereocenters. The molecule has 0 saturated carbocycles. The molecular formula is C10H18N4O2. The Balaban J connectivity index is 2.49. The zero-order valence-corrected chi connectivity index (χ0v) is 9.68. The van der Waals surface area contributed by atoms with Crippen LogP contribution < -0.4 is 5.32 Å². The number of aromatic nitrogens is 3. The van der Waals surface area contributed by atoms with E-state index in [-0.39, 0.29) is 24.6 Å². The van der Waals surface area contributed by atoms with Crippen LogP contribution in [0.4, 0.5) is 0 Å². The summed E-state index contributed by atoms with van der Waals surface area (Å²) in [6.45, 7) is 4.11. The van der Waals surface area contributed by atoms with Crippen LogP contribution in [0, 0.1) is 0 Å². The van der Waals surface area contributed by atoms with Crippen molar-refractivity contribution in [2.45, 2.75) is 38.8 Å². The molecule has 0 aliphatic rings. The van der Waals surface area contributed by atoms with Gasteiger partial charge >= 0.3 is 0 Å². The quantitative estimate of drug-likeness (QED) is 0.712. The first-order chi connectivity index (χ1) is 7.59. The molecule has 2 N–H and O–H groups in total. The van der Waals surface area contributed by atoms with Crippen molar-refractivity contribution in [1.82, 2.24) is 20.1 Å². The summed E-state index contributed by atoms with van der Waals surface area (Å²) in [5, 5.41) is 15.7. The fourth-order valence-electron chi connectivity index (χ4n) is 1.41. The molecule has 16 heavy (non-hydrogen) atoms. The van der Waals surface area contributed by atoms with Crippen molar-refractivity contribution in [3.63, 3.8) is 0 Å². The van der Waals surface area contributed by atoms with Gasteiger partial charge in [0.1, 0.15) is 19.2 Å². The van der Waals surface area contributed by atoms with Crippen LogP contribution in [0.5, 0.6) is 0 Å². The highest BCUT2D eigenvalue weighted by Gasteiger charge is 2.23. The van der Waals surface area contributed by atoms with Crippen molar-refractivity contribution in [3.05, 3.63) is 12.7 Å². The molecule has 0 saturated heterocycles. The van der Waals surface area contributed by atoms with E-state index in [9.17, 15) is 4.79 Å². The van der Waals surface area contributed by atoms with Gasteiger partial charge in [-0.25, -0.2) is 9.67 Å². The van der Waals surface area contributed by atoms with Gasteiger partial charge in [0.25, 0.3) is 0 Å². The number of carbonyl (C=O) groups excluding carboxylic acids is 1. The molecule has 1 rings (SSSR count). The number of nitrogens with one attached hydrogen (secondary N) is 1. The lowest BCUT2D eigenvalue weighted by Gasteiger charge is -2.28. The molecule has 0 aliphatic heterocycles. The predicted molar refractivity (Wildman–Crippen MR) is 58.6 cm³/mol. The minimum absolute atomic E-state index is 0.0634. The average Bonchev–Trinajstić information content (AvgIpc) is 2.70. The number of carbonyl (C=O) groups is 1. The molecule has 0 aliphatic carbocycles. The summed E-state index contributed by atoms with van der Waals surface area (Å²) in [4.78, 5) is 15.4. The van der Waals surface area contributed by atoms with Crippen LogP contribution in [0.1, 0.15) is 26.7 Å². The van der Waals surface area contributed by atoms with E-state index in [0.29, 0.717) is 6.42 Å². The number of hydrogen-bond acceptors (Lipinski definition) is 4. The van der Waals surface area contributed by atoms with Crippen LogP contribution in [0.25, 0.3) is 0 Å². The van der Waals surface area contributed by atoms with Crippen LogP contribution in [0.15, 0.2) is 12.7 Å². The third-order valence-electron chi connectivity index (χ3n) is 2.66. The average molecular weight is 226 g/mol. The minimum Gasteiger partial charge on any atom is -0.396 e. The van der Waals surface area contributed by atoms with Crippen LogP contribution in [0.2, 0.25) is 0 Å². The van der Waals surface area contributed by atoms with Gasteiger partial charge in [0.05, 0.1) is 0 Å². The number of hydrogen-bond donors (Lipinski definition) is 2. The Bertz CT molecular complexity index is 326. The fraction of sp³-hybridized carbons (Fsp3) is 0.700. The highest BCUT2D eigenvalue weighted by molar-refractivity contribution is 5.76. The second-order valence-electron chi connectivity index (χ2n) is 4.03. The Kier molecular flexibility index (Phi) is 4.42. The molecule has 6 heteroatoms. The number of aliphatic hydroxyl groups is 1. The maximum atomic E-state index is 11.7. The monoisotopic (exact) mass is 226 g/mol. The standard InChI is InChI=1S/C10H18N4O2/c1-3-10(2,4-5-15)13-9(16)6-14-8-11-7-12-14/h7-8,15H,3-6H2,1-2H3,(H,13,16). The van der Waals surface area contributed by atoms with E-state index in [4.69, 9.17) is 5.11 Å². The predicted octanol–water partition coefficient (Wildman–Crippen LogP) is -0.0546. The lowest BCUT2D eigenvalue weighted by Crippen LogP contribution is -2.47. The second kappa shape index (κ2) is 5.60. The van der Waals surface area contributed by atoms with E-state index >= 15 is 0 Å². The maximum absolute atomic E-state index is 11.7. The van der Waals surface area contributed by atoms with Gasteiger partial charge in [0.2, 0.25) is 5.91 Å². The van der Waals surface area contributed by atoms with Crippen LogP contribution >= 0.6 is 0 Å². The molecule has 1 aromatic heterocycles. The van der Waals surface area contributed by atoms with E-state index in [0.717, 1.165) is 6.42 Å². The van der Waals surface area contributed by atoms with Crippen LogP contribution in [-0.4, -0.2) is 37.9 Å². The summed E-state index contributed by atoms with van der Waals surface area (Å²) in [6.07, 6.45) is 4.21. The molecule has 0 spiro atoms. The zero-order chi connectivity index (χ0) is 12.0. The van der Waals surface area contributed by atoms with Gasteiger partial charge in [-0.15, -0.1) is 0 Å². The summed E-state index contributed by atoms with van der Waals surface area (Å²) >= 11 is 0. The Hall–Kier alpha value is -1.43. The first-order valence-corrected chi connectivity index (χ1v) is 5.34. The van der Waals surface area contributed by atoms with Crippen molar-refractivity contribution >= 4 is 5.91 Å². The molecule has 0 fully saturated rings. The number of aliphatic hydroxyl groups excluding tert-OH is 1. The molecule has 1 heterocycles. The van der Waals surface area contributed by atoms with Crippen molar-refractivity contribution < 1.29 is 9.90 Å². The molecule has 1 amide bonds. The lowest BCUT2D eigenvalue weighted by atomic mass is 9.95. The van der Waals surface area contributed by atoms with E-state index in [1.54, 1.807) is 0 Å². The van der Waals surface area contributed by atoms with Crippen LogP contribution in [0.3, 0.4) is 0 Å². The highest BCUT2D eigenvalue weighted by atomic mass is 16.3. The fourth-order valence-corrected chi connectivity index (χ4v) is 1.41. The molecule has 90 valence electrons. The maximum Gasteiger partial charge on any atom is 0.242 e. The number of nitrogens with zero attached hydrogens (tertiary/aromatic N) is 3. The SMILES string of the molecule is CCC(C)(CCO)NC(=O)Cn1cncn1. The van der Waals surface area contributed by atoms with Gasteiger partial charge in [-0.05, 0) is 19.8 Å². The molecule has 0 radical (unpaired) electrons. The number of rotatable bonds is 6. The largest absolute Gasteiger partial charge is 0.396 e. The second-order valence-corrected chi connectivity index (χ2v) is 4.03. The molecular weight excluding hydrogens is 208 g/mol. The zero-order valence-electron chi connectivity index (χ0n) is 9.68. The molecule has 0 aromatic carbocycles. The van der Waals surface area contributed by atoms with E-state index in [2.05, 4.69) is 15.4 Å². The van der Waals surface area contributed by atoms with Gasteiger partial charge in [-0.3, -0.25) is 4.79 Å². The van der Waals surface area contributed by atoms with E-state index in [1.165, 1.54) is 17.3 Å². The minimum atomic E-state index is -0.355. The van der Waals surface area contributed by atoms with Crippen molar-refractivity contribution in [1.29, 1.82) is 0 Å². The number of amides is 1. The van der Waals surface area contributed by atoms with Gasteiger partial charge in [0, 0.05) is 12.1 Å². The van der Waals surface area contributed by atoms with Gasteiger partial charge < -0.3 is 10.4 Å². The first kappa shape index (κ1) is 12.6. The highest BCUT2D eigenvalue weighted by Crippen LogP contribution is 2.13. The van der Waals surface area contributed by atoms with Gasteiger partial charge in [0.15, 0.2) is 0 Å². The normalized spacial score (nSPS) is 14.4. The molecule has 6 nitrogen and oxygen atoms in total. The topological polar surface area (TPSA) is 80.0 Å². The molecule has 1 aromatic rings. The van der Waals surface area contributed by atoms with E-state index in [1.807, 2.05) is 13.8 Å². The van der Waals surface area contributed by atoms with Gasteiger partial charge in [-0.1, -0.05) is 6.92 Å². The van der Waals surface area contributed by atoms with Crippen molar-refractivity contribution in [3.8, 4) is 0 Å². The lowest BCUT2D eigenvalue weighted by molar-refractivity contribution is -0.123. The first-order valence-electron chi connectivity index (χ1n) is 5.34. The van der Waals surface area contributed by atoms with Crippen molar-refractivity contribution in [2.24, 2.45) is 0 Å².